The lowest BCUT2D eigenvalue weighted by Gasteiger charge is -2.26. The molecule has 6 heteroatoms. The zero-order chi connectivity index (χ0) is 11.3. The zero-order valence-corrected chi connectivity index (χ0v) is 8.71. The molecule has 0 aliphatic carbocycles. The minimum absolute atomic E-state index is 0.0364. The summed E-state index contributed by atoms with van der Waals surface area (Å²) < 4.78 is 16.1. The van der Waals surface area contributed by atoms with Crippen LogP contribution >= 0.6 is 0 Å². The SMILES string of the molecule is CC1(C)OC[C@]2(O[C@H](CO)[C@@H](O)[C@@H]2O)O1. The fraction of sp³-hybridized carbons (Fsp3) is 1.00. The first-order chi connectivity index (χ1) is 6.90. The Hall–Kier alpha value is -0.240. The summed E-state index contributed by atoms with van der Waals surface area (Å²) in [5.41, 5.74) is 0. The van der Waals surface area contributed by atoms with Crippen molar-refractivity contribution in [1.82, 2.24) is 0 Å². The summed E-state index contributed by atoms with van der Waals surface area (Å²) in [4.78, 5) is 0. The zero-order valence-electron chi connectivity index (χ0n) is 8.71. The van der Waals surface area contributed by atoms with Crippen LogP contribution in [0.1, 0.15) is 13.8 Å². The third kappa shape index (κ3) is 1.67. The van der Waals surface area contributed by atoms with E-state index in [0.29, 0.717) is 0 Å². The third-order valence-corrected chi connectivity index (χ3v) is 2.73. The van der Waals surface area contributed by atoms with E-state index >= 15 is 0 Å². The summed E-state index contributed by atoms with van der Waals surface area (Å²) in [6, 6.07) is 0. The summed E-state index contributed by atoms with van der Waals surface area (Å²) in [7, 11) is 0. The largest absolute Gasteiger partial charge is 0.394 e. The minimum atomic E-state index is -1.35. The van der Waals surface area contributed by atoms with Crippen molar-refractivity contribution in [2.24, 2.45) is 0 Å². The van der Waals surface area contributed by atoms with Crippen molar-refractivity contribution in [3.63, 3.8) is 0 Å². The quantitative estimate of drug-likeness (QED) is 0.502. The Bertz CT molecular complexity index is 255. The Morgan fingerprint density at radius 1 is 1.33 bits per heavy atom. The van der Waals surface area contributed by atoms with Crippen LogP contribution in [0, 0.1) is 0 Å². The second kappa shape index (κ2) is 3.38. The van der Waals surface area contributed by atoms with Gasteiger partial charge in [-0.25, -0.2) is 0 Å². The van der Waals surface area contributed by atoms with Gasteiger partial charge in [0.2, 0.25) is 5.79 Å². The molecule has 3 N–H and O–H groups in total. The van der Waals surface area contributed by atoms with E-state index in [4.69, 9.17) is 19.3 Å². The lowest BCUT2D eigenvalue weighted by molar-refractivity contribution is -0.270. The number of rotatable bonds is 1. The third-order valence-electron chi connectivity index (χ3n) is 2.73. The molecular formula is C9H16O6. The number of aliphatic hydroxyl groups excluding tert-OH is 3. The molecule has 2 rings (SSSR count). The molecule has 0 saturated carbocycles. The fourth-order valence-corrected chi connectivity index (χ4v) is 1.96. The summed E-state index contributed by atoms with van der Waals surface area (Å²) in [6.07, 6.45) is -3.21. The maximum absolute atomic E-state index is 9.79. The van der Waals surface area contributed by atoms with Crippen LogP contribution in [0.15, 0.2) is 0 Å². The van der Waals surface area contributed by atoms with E-state index in [1.54, 1.807) is 13.8 Å². The van der Waals surface area contributed by atoms with Gasteiger partial charge in [0, 0.05) is 0 Å². The summed E-state index contributed by atoms with van der Waals surface area (Å²) in [5.74, 6) is -2.21. The van der Waals surface area contributed by atoms with Crippen molar-refractivity contribution in [3.05, 3.63) is 0 Å². The van der Waals surface area contributed by atoms with Gasteiger partial charge in [-0.05, 0) is 13.8 Å². The van der Waals surface area contributed by atoms with E-state index in [1.807, 2.05) is 0 Å². The lowest BCUT2D eigenvalue weighted by atomic mass is 10.1. The van der Waals surface area contributed by atoms with Crippen molar-refractivity contribution < 1.29 is 29.5 Å². The van der Waals surface area contributed by atoms with Gasteiger partial charge in [-0.2, -0.15) is 0 Å². The summed E-state index contributed by atoms with van der Waals surface area (Å²) in [5, 5.41) is 28.3. The van der Waals surface area contributed by atoms with Gasteiger partial charge >= 0.3 is 0 Å². The maximum Gasteiger partial charge on any atom is 0.224 e. The van der Waals surface area contributed by atoms with Crippen molar-refractivity contribution in [3.8, 4) is 0 Å². The van der Waals surface area contributed by atoms with Crippen LogP contribution in [-0.2, 0) is 14.2 Å². The molecule has 0 radical (unpaired) electrons. The van der Waals surface area contributed by atoms with Gasteiger partial charge in [0.05, 0.1) is 6.61 Å². The Kier molecular flexibility index (Phi) is 2.53. The van der Waals surface area contributed by atoms with Crippen molar-refractivity contribution in [1.29, 1.82) is 0 Å². The normalized spacial score (nSPS) is 49.0. The van der Waals surface area contributed by atoms with Crippen LogP contribution in [0.5, 0.6) is 0 Å². The Balaban J connectivity index is 2.18. The fourth-order valence-electron chi connectivity index (χ4n) is 1.96. The average Bonchev–Trinajstić information content (AvgIpc) is 2.60. The predicted octanol–water partition coefficient (Wildman–Crippen LogP) is -1.42. The molecule has 15 heavy (non-hydrogen) atoms. The van der Waals surface area contributed by atoms with Crippen LogP contribution in [0.4, 0.5) is 0 Å². The standard InChI is InChI=1S/C9H16O6/c1-8(2)13-4-9(15-8)7(12)6(11)5(3-10)14-9/h5-7,10-12H,3-4H2,1-2H3/t5-,6-,7+,9+/m1/s1. The topological polar surface area (TPSA) is 88.4 Å². The van der Waals surface area contributed by atoms with Crippen LogP contribution < -0.4 is 0 Å². The second-order valence-corrected chi connectivity index (χ2v) is 4.38. The van der Waals surface area contributed by atoms with Crippen LogP contribution in [0.25, 0.3) is 0 Å². The van der Waals surface area contributed by atoms with E-state index in [9.17, 15) is 10.2 Å². The number of aliphatic hydroxyl groups is 3. The second-order valence-electron chi connectivity index (χ2n) is 4.38. The van der Waals surface area contributed by atoms with E-state index in [0.717, 1.165) is 0 Å². The first-order valence-electron chi connectivity index (χ1n) is 4.89. The predicted molar refractivity (Wildman–Crippen MR) is 47.8 cm³/mol. The van der Waals surface area contributed by atoms with Crippen LogP contribution in [-0.4, -0.2) is 58.4 Å². The molecule has 2 saturated heterocycles. The molecule has 2 aliphatic rings. The number of hydrogen-bond donors (Lipinski definition) is 3. The highest BCUT2D eigenvalue weighted by atomic mass is 16.8. The smallest absolute Gasteiger partial charge is 0.224 e. The molecule has 88 valence electrons. The molecule has 0 amide bonds. The summed E-state index contributed by atoms with van der Waals surface area (Å²) in [6.45, 7) is 3.05. The lowest BCUT2D eigenvalue weighted by Crippen LogP contribution is -2.46. The van der Waals surface area contributed by atoms with Crippen molar-refractivity contribution >= 4 is 0 Å². The van der Waals surface area contributed by atoms with E-state index in [2.05, 4.69) is 0 Å². The van der Waals surface area contributed by atoms with Gasteiger partial charge in [-0.3, -0.25) is 0 Å². The van der Waals surface area contributed by atoms with Gasteiger partial charge in [0.1, 0.15) is 24.9 Å². The first-order valence-corrected chi connectivity index (χ1v) is 4.89. The molecule has 6 nitrogen and oxygen atoms in total. The molecule has 0 unspecified atom stereocenters. The van der Waals surface area contributed by atoms with E-state index < -0.39 is 29.9 Å². The van der Waals surface area contributed by atoms with Crippen molar-refractivity contribution in [2.45, 2.75) is 43.7 Å². The highest BCUT2D eigenvalue weighted by Gasteiger charge is 2.61. The Labute approximate surface area is 87.4 Å². The van der Waals surface area contributed by atoms with Gasteiger partial charge in [-0.1, -0.05) is 0 Å². The monoisotopic (exact) mass is 220 g/mol. The summed E-state index contributed by atoms with van der Waals surface area (Å²) >= 11 is 0. The highest BCUT2D eigenvalue weighted by Crippen LogP contribution is 2.41. The molecule has 2 aliphatic heterocycles. The molecule has 2 fully saturated rings. The molecule has 0 aromatic carbocycles. The number of ether oxygens (including phenoxy) is 3. The molecule has 4 atom stereocenters. The van der Waals surface area contributed by atoms with Gasteiger partial charge in [0.15, 0.2) is 5.79 Å². The molecule has 1 spiro atoms. The van der Waals surface area contributed by atoms with E-state index in [-0.39, 0.29) is 13.2 Å². The van der Waals surface area contributed by atoms with Crippen LogP contribution in [0.2, 0.25) is 0 Å². The molecule has 0 aromatic rings. The van der Waals surface area contributed by atoms with Gasteiger partial charge in [-0.15, -0.1) is 0 Å². The molecular weight excluding hydrogens is 204 g/mol. The van der Waals surface area contributed by atoms with Crippen LogP contribution in [0.3, 0.4) is 0 Å². The first kappa shape index (κ1) is 11.3. The Morgan fingerprint density at radius 2 is 2.00 bits per heavy atom. The average molecular weight is 220 g/mol. The highest BCUT2D eigenvalue weighted by molar-refractivity contribution is 4.99. The van der Waals surface area contributed by atoms with Crippen molar-refractivity contribution in [2.75, 3.05) is 13.2 Å². The molecule has 0 bridgehead atoms. The van der Waals surface area contributed by atoms with Gasteiger partial charge in [0.25, 0.3) is 0 Å². The van der Waals surface area contributed by atoms with Gasteiger partial charge < -0.3 is 29.5 Å². The van der Waals surface area contributed by atoms with E-state index in [1.165, 1.54) is 0 Å². The number of hydrogen-bond acceptors (Lipinski definition) is 6. The molecule has 0 aromatic heterocycles. The Morgan fingerprint density at radius 3 is 2.40 bits per heavy atom. The molecule has 2 heterocycles. The minimum Gasteiger partial charge on any atom is -0.394 e. The maximum atomic E-state index is 9.79.